The zero-order chi connectivity index (χ0) is 15.9. The van der Waals surface area contributed by atoms with Gasteiger partial charge in [0, 0.05) is 18.5 Å². The lowest BCUT2D eigenvalue weighted by atomic mass is 10.1. The third-order valence-corrected chi connectivity index (χ3v) is 4.74. The van der Waals surface area contributed by atoms with Gasteiger partial charge in [0.1, 0.15) is 17.4 Å². The molecule has 1 aromatic carbocycles. The number of hydrogen-bond donors (Lipinski definition) is 1. The summed E-state index contributed by atoms with van der Waals surface area (Å²) in [6.07, 6.45) is 5.41. The average molecular weight is 373 g/mol. The van der Waals surface area contributed by atoms with Crippen LogP contribution in [-0.2, 0) is 0 Å². The van der Waals surface area contributed by atoms with Crippen molar-refractivity contribution in [2.24, 2.45) is 0 Å². The van der Waals surface area contributed by atoms with Gasteiger partial charge in [0.05, 0.1) is 11.2 Å². The summed E-state index contributed by atoms with van der Waals surface area (Å²) in [6.45, 7) is 2.12. The second-order valence-corrected chi connectivity index (χ2v) is 6.34. The molecule has 3 aromatic heterocycles. The number of rotatable bonds is 2. The van der Waals surface area contributed by atoms with Crippen LogP contribution < -0.4 is 4.90 Å². The molecule has 0 amide bonds. The van der Waals surface area contributed by atoms with E-state index in [1.165, 1.54) is 19.3 Å². The third kappa shape index (κ3) is 3.02. The summed E-state index contributed by atoms with van der Waals surface area (Å²) in [4.78, 5) is 14.8. The van der Waals surface area contributed by atoms with Gasteiger partial charge < -0.3 is 19.8 Å². The van der Waals surface area contributed by atoms with Crippen molar-refractivity contribution in [1.82, 2.24) is 15.0 Å². The topological polar surface area (TPSA) is 89.4 Å². The van der Waals surface area contributed by atoms with Crippen molar-refractivity contribution in [2.75, 3.05) is 18.0 Å². The van der Waals surface area contributed by atoms with E-state index in [0.717, 1.165) is 52.4 Å². The van der Waals surface area contributed by atoms with E-state index in [1.807, 2.05) is 24.3 Å². The maximum atomic E-state index is 5.98. The number of piperidine rings is 1. The quantitative estimate of drug-likeness (QED) is 0.576. The van der Waals surface area contributed by atoms with Gasteiger partial charge in [-0.15, -0.1) is 12.4 Å². The second-order valence-electron chi connectivity index (χ2n) is 6.34. The number of aromatic nitrogens is 3. The van der Waals surface area contributed by atoms with Gasteiger partial charge in [-0.2, -0.15) is 0 Å². The Kier molecular flexibility index (Phi) is 5.15. The molecule has 0 radical (unpaired) electrons. The van der Waals surface area contributed by atoms with Gasteiger partial charge in [0.25, 0.3) is 0 Å². The van der Waals surface area contributed by atoms with E-state index in [1.54, 1.807) is 6.33 Å². The lowest BCUT2D eigenvalue weighted by Gasteiger charge is -2.27. The highest BCUT2D eigenvalue weighted by Crippen LogP contribution is 2.32. The second kappa shape index (κ2) is 7.35. The molecule has 1 aliphatic rings. The first-order chi connectivity index (χ1) is 11.9. The van der Waals surface area contributed by atoms with E-state index in [9.17, 15) is 0 Å². The molecular formula is C19H21ClN4O2. The highest BCUT2D eigenvalue weighted by molar-refractivity contribution is 5.91. The van der Waals surface area contributed by atoms with Gasteiger partial charge in [0.15, 0.2) is 11.6 Å². The van der Waals surface area contributed by atoms with Crippen LogP contribution in [0.3, 0.4) is 0 Å². The van der Waals surface area contributed by atoms with E-state index < -0.39 is 0 Å². The standard InChI is InChI=1S/C19H18N4O.ClH.H2O/c1-4-8-23(9-5-1)19-18-15(20-12-21-19)11-14(22-18)17-10-13-6-2-3-7-16(13)24-17;;/h2-3,6-7,10-12,22H,1,4-5,8-9H2;1H;1H2. The summed E-state index contributed by atoms with van der Waals surface area (Å²) in [5.41, 5.74) is 3.77. The van der Waals surface area contributed by atoms with Gasteiger partial charge in [-0.25, -0.2) is 9.97 Å². The predicted molar refractivity (Wildman–Crippen MR) is 106 cm³/mol. The normalized spacial score (nSPS) is 14.2. The fourth-order valence-corrected chi connectivity index (χ4v) is 3.52. The molecule has 7 heteroatoms. The van der Waals surface area contributed by atoms with Gasteiger partial charge >= 0.3 is 0 Å². The van der Waals surface area contributed by atoms with E-state index in [0.29, 0.717) is 0 Å². The van der Waals surface area contributed by atoms with Crippen LogP contribution in [0, 0.1) is 0 Å². The first-order valence-corrected chi connectivity index (χ1v) is 8.46. The van der Waals surface area contributed by atoms with Crippen LogP contribution in [0.15, 0.2) is 47.1 Å². The van der Waals surface area contributed by atoms with E-state index in [2.05, 4.69) is 32.0 Å². The number of nitrogens with zero attached hydrogens (tertiary/aromatic N) is 3. The molecule has 0 atom stereocenters. The summed E-state index contributed by atoms with van der Waals surface area (Å²) in [6, 6.07) is 12.2. The zero-order valence-electron chi connectivity index (χ0n) is 14.2. The molecule has 0 bridgehead atoms. The molecule has 3 N–H and O–H groups in total. The molecule has 1 aliphatic heterocycles. The van der Waals surface area contributed by atoms with E-state index in [-0.39, 0.29) is 17.9 Å². The number of anilines is 1. The number of hydrogen-bond acceptors (Lipinski definition) is 4. The lowest BCUT2D eigenvalue weighted by Crippen LogP contribution is -2.30. The minimum absolute atomic E-state index is 0. The van der Waals surface area contributed by atoms with E-state index in [4.69, 9.17) is 4.42 Å². The zero-order valence-corrected chi connectivity index (χ0v) is 15.1. The largest absolute Gasteiger partial charge is 0.455 e. The Balaban J connectivity index is 0.000000980. The first kappa shape index (κ1) is 18.2. The Morgan fingerprint density at radius 3 is 2.62 bits per heavy atom. The van der Waals surface area contributed by atoms with Crippen LogP contribution in [0.25, 0.3) is 33.5 Å². The van der Waals surface area contributed by atoms with Crippen LogP contribution in [0.4, 0.5) is 5.82 Å². The molecule has 6 nitrogen and oxygen atoms in total. The van der Waals surface area contributed by atoms with Crippen molar-refractivity contribution in [3.05, 3.63) is 42.7 Å². The molecule has 0 saturated carbocycles. The molecule has 4 heterocycles. The minimum atomic E-state index is 0. The Labute approximate surface area is 157 Å². The van der Waals surface area contributed by atoms with Crippen molar-refractivity contribution in [2.45, 2.75) is 19.3 Å². The van der Waals surface area contributed by atoms with Crippen molar-refractivity contribution in [3.63, 3.8) is 0 Å². The molecule has 26 heavy (non-hydrogen) atoms. The number of furan rings is 1. The third-order valence-electron chi connectivity index (χ3n) is 4.74. The predicted octanol–water partition coefficient (Wildman–Crippen LogP) is 3.96. The number of aromatic amines is 1. The van der Waals surface area contributed by atoms with Crippen LogP contribution in [0.5, 0.6) is 0 Å². The van der Waals surface area contributed by atoms with Crippen LogP contribution in [0.2, 0.25) is 0 Å². The van der Waals surface area contributed by atoms with Crippen LogP contribution >= 0.6 is 12.4 Å². The van der Waals surface area contributed by atoms with Gasteiger partial charge in [-0.05, 0) is 37.5 Å². The first-order valence-electron chi connectivity index (χ1n) is 8.46. The summed E-state index contributed by atoms with van der Waals surface area (Å²) in [5.74, 6) is 1.83. The smallest absolute Gasteiger partial charge is 0.156 e. The Morgan fingerprint density at radius 2 is 1.81 bits per heavy atom. The SMILES string of the molecule is Cl.O.c1ccc2oc(-c3cc4ncnc(N5CCCCC5)c4[nH]3)cc2c1. The summed E-state index contributed by atoms with van der Waals surface area (Å²) in [5, 5.41) is 1.11. The van der Waals surface area contributed by atoms with Crippen molar-refractivity contribution in [1.29, 1.82) is 0 Å². The number of H-pyrrole nitrogens is 1. The van der Waals surface area contributed by atoms with Crippen molar-refractivity contribution < 1.29 is 9.89 Å². The maximum Gasteiger partial charge on any atom is 0.156 e. The Hall–Kier alpha value is -2.57. The van der Waals surface area contributed by atoms with Gasteiger partial charge in [-0.3, -0.25) is 0 Å². The molecule has 0 aliphatic carbocycles. The monoisotopic (exact) mass is 372 g/mol. The number of fused-ring (bicyclic) bond motifs is 2. The molecule has 1 fully saturated rings. The number of benzene rings is 1. The molecule has 1 saturated heterocycles. The lowest BCUT2D eigenvalue weighted by molar-refractivity contribution is 0.574. The fraction of sp³-hybridized carbons (Fsp3) is 0.263. The fourth-order valence-electron chi connectivity index (χ4n) is 3.52. The van der Waals surface area contributed by atoms with Gasteiger partial charge in [-0.1, -0.05) is 18.2 Å². The molecule has 5 rings (SSSR count). The van der Waals surface area contributed by atoms with Crippen molar-refractivity contribution in [3.8, 4) is 11.5 Å². The summed E-state index contributed by atoms with van der Waals surface area (Å²) in [7, 11) is 0. The molecule has 136 valence electrons. The number of halogens is 1. The highest BCUT2D eigenvalue weighted by atomic mass is 35.5. The molecule has 4 aromatic rings. The highest BCUT2D eigenvalue weighted by Gasteiger charge is 2.18. The number of para-hydroxylation sites is 1. The minimum Gasteiger partial charge on any atom is -0.455 e. The molecule has 0 spiro atoms. The molecule has 0 unspecified atom stereocenters. The summed E-state index contributed by atoms with van der Waals surface area (Å²) >= 11 is 0. The average Bonchev–Trinajstić information content (AvgIpc) is 3.26. The Morgan fingerprint density at radius 1 is 1.00 bits per heavy atom. The van der Waals surface area contributed by atoms with Crippen LogP contribution in [-0.4, -0.2) is 33.5 Å². The Bertz CT molecular complexity index is 988. The summed E-state index contributed by atoms with van der Waals surface area (Å²) < 4.78 is 5.98. The van der Waals surface area contributed by atoms with E-state index >= 15 is 0 Å². The van der Waals surface area contributed by atoms with Gasteiger partial charge in [0.2, 0.25) is 0 Å². The van der Waals surface area contributed by atoms with Crippen molar-refractivity contribution >= 4 is 40.2 Å². The molecular weight excluding hydrogens is 352 g/mol. The van der Waals surface area contributed by atoms with Crippen LogP contribution in [0.1, 0.15) is 19.3 Å². The number of nitrogens with one attached hydrogen (secondary N) is 1. The maximum absolute atomic E-state index is 5.98.